The molecule has 0 spiro atoms. The fourth-order valence-electron chi connectivity index (χ4n) is 2.12. The summed E-state index contributed by atoms with van der Waals surface area (Å²) in [4.78, 5) is 13.8. The van der Waals surface area contributed by atoms with Gasteiger partial charge in [0.25, 0.3) is 0 Å². The first kappa shape index (κ1) is 11.5. The molecule has 2 aromatic carbocycles. The number of aromatic amines is 1. The normalized spacial score (nSPS) is 10.6. The molecule has 1 N–H and O–H groups in total. The van der Waals surface area contributed by atoms with Gasteiger partial charge >= 0.3 is 0 Å². The number of nitrogens with one attached hydrogen (secondary N) is 1. The van der Waals surface area contributed by atoms with E-state index in [1.165, 1.54) is 6.07 Å². The lowest BCUT2D eigenvalue weighted by Crippen LogP contribution is -2.01. The second-order valence-corrected chi connectivity index (χ2v) is 4.37. The Hall–Kier alpha value is -2.55. The van der Waals surface area contributed by atoms with Crippen molar-refractivity contribution >= 4 is 10.8 Å². The molecule has 94 valence electrons. The van der Waals surface area contributed by atoms with E-state index >= 15 is 0 Å². The third kappa shape index (κ3) is 2.22. The van der Waals surface area contributed by atoms with Crippen LogP contribution in [0.4, 0.5) is 0 Å². The number of hydrogen-bond donors (Lipinski definition) is 1. The van der Waals surface area contributed by atoms with Gasteiger partial charge in [-0.1, -0.05) is 18.2 Å². The topological polar surface area (TPSA) is 42.1 Å². The summed E-state index contributed by atoms with van der Waals surface area (Å²) in [6.45, 7) is 0. The van der Waals surface area contributed by atoms with Gasteiger partial charge in [-0.25, -0.2) is 0 Å². The van der Waals surface area contributed by atoms with Crippen LogP contribution in [-0.2, 0) is 0 Å². The van der Waals surface area contributed by atoms with Crippen LogP contribution in [0.5, 0.6) is 5.75 Å². The molecule has 19 heavy (non-hydrogen) atoms. The van der Waals surface area contributed by atoms with Crippen LogP contribution < -0.4 is 10.3 Å². The van der Waals surface area contributed by atoms with E-state index in [-0.39, 0.29) is 5.56 Å². The Morgan fingerprint density at radius 2 is 1.63 bits per heavy atom. The lowest BCUT2D eigenvalue weighted by Gasteiger charge is -2.05. The van der Waals surface area contributed by atoms with Crippen molar-refractivity contribution in [1.29, 1.82) is 0 Å². The first-order valence-electron chi connectivity index (χ1n) is 6.03. The van der Waals surface area contributed by atoms with Crippen molar-refractivity contribution in [2.75, 3.05) is 7.11 Å². The molecule has 1 heterocycles. The van der Waals surface area contributed by atoms with Gasteiger partial charge in [0.2, 0.25) is 5.56 Å². The molecule has 0 aliphatic carbocycles. The summed E-state index contributed by atoms with van der Waals surface area (Å²) in [6.07, 6.45) is 1.73. The number of methoxy groups -OCH3 is 1. The SMILES string of the molecule is COc1ccc2cc(-c3ccc(=O)[nH]c3)ccc2c1. The van der Waals surface area contributed by atoms with E-state index in [2.05, 4.69) is 17.1 Å². The zero-order chi connectivity index (χ0) is 13.2. The Bertz CT molecular complexity index is 770. The highest BCUT2D eigenvalue weighted by Crippen LogP contribution is 2.26. The van der Waals surface area contributed by atoms with E-state index in [4.69, 9.17) is 4.74 Å². The average Bonchev–Trinajstić information content (AvgIpc) is 2.47. The molecule has 3 nitrogen and oxygen atoms in total. The Morgan fingerprint density at radius 3 is 2.37 bits per heavy atom. The molecule has 0 radical (unpaired) electrons. The lowest BCUT2D eigenvalue weighted by molar-refractivity contribution is 0.415. The van der Waals surface area contributed by atoms with Crippen LogP contribution in [0.15, 0.2) is 59.5 Å². The highest BCUT2D eigenvalue weighted by molar-refractivity contribution is 5.88. The van der Waals surface area contributed by atoms with Crippen molar-refractivity contribution in [3.8, 4) is 16.9 Å². The monoisotopic (exact) mass is 251 g/mol. The van der Waals surface area contributed by atoms with Crippen LogP contribution in [0.25, 0.3) is 21.9 Å². The molecule has 0 saturated carbocycles. The standard InChI is InChI=1S/C16H13NO2/c1-19-15-6-4-11-8-12(2-3-13(11)9-15)14-5-7-16(18)17-10-14/h2-10H,1H3,(H,17,18). The van der Waals surface area contributed by atoms with Gasteiger partial charge in [-0.15, -0.1) is 0 Å². The fourth-order valence-corrected chi connectivity index (χ4v) is 2.12. The molecule has 0 saturated heterocycles. The summed E-state index contributed by atoms with van der Waals surface area (Å²) in [5.41, 5.74) is 1.99. The molecular weight excluding hydrogens is 238 g/mol. The van der Waals surface area contributed by atoms with Crippen molar-refractivity contribution in [1.82, 2.24) is 4.98 Å². The molecule has 0 amide bonds. The van der Waals surface area contributed by atoms with E-state index in [1.807, 2.05) is 30.3 Å². The maximum absolute atomic E-state index is 11.1. The summed E-state index contributed by atoms with van der Waals surface area (Å²) >= 11 is 0. The molecule has 0 aliphatic rings. The largest absolute Gasteiger partial charge is 0.497 e. The maximum atomic E-state index is 11.1. The van der Waals surface area contributed by atoms with E-state index in [9.17, 15) is 4.79 Å². The van der Waals surface area contributed by atoms with E-state index in [1.54, 1.807) is 13.3 Å². The number of aromatic nitrogens is 1. The Balaban J connectivity index is 2.11. The zero-order valence-electron chi connectivity index (χ0n) is 10.5. The van der Waals surface area contributed by atoms with E-state index in [0.29, 0.717) is 0 Å². The minimum Gasteiger partial charge on any atom is -0.497 e. The smallest absolute Gasteiger partial charge is 0.247 e. The molecule has 3 rings (SSSR count). The molecular formula is C16H13NO2. The molecule has 0 fully saturated rings. The molecule has 3 aromatic rings. The van der Waals surface area contributed by atoms with Crippen molar-refractivity contribution < 1.29 is 4.74 Å². The number of rotatable bonds is 2. The van der Waals surface area contributed by atoms with Crippen LogP contribution >= 0.6 is 0 Å². The second-order valence-electron chi connectivity index (χ2n) is 4.37. The van der Waals surface area contributed by atoms with Crippen LogP contribution in [0, 0.1) is 0 Å². The second kappa shape index (κ2) is 4.61. The summed E-state index contributed by atoms with van der Waals surface area (Å²) < 4.78 is 5.21. The third-order valence-corrected chi connectivity index (χ3v) is 3.16. The molecule has 3 heteroatoms. The number of ether oxygens (including phenoxy) is 1. The van der Waals surface area contributed by atoms with Crippen molar-refractivity contribution in [2.45, 2.75) is 0 Å². The van der Waals surface area contributed by atoms with Gasteiger partial charge in [0, 0.05) is 12.3 Å². The molecule has 0 bridgehead atoms. The predicted octanol–water partition coefficient (Wildman–Crippen LogP) is 3.20. The van der Waals surface area contributed by atoms with Crippen molar-refractivity contribution in [3.05, 3.63) is 65.1 Å². The zero-order valence-corrected chi connectivity index (χ0v) is 10.5. The van der Waals surface area contributed by atoms with E-state index in [0.717, 1.165) is 27.6 Å². The van der Waals surface area contributed by atoms with Crippen molar-refractivity contribution in [2.24, 2.45) is 0 Å². The number of hydrogen-bond acceptors (Lipinski definition) is 2. The summed E-state index contributed by atoms with van der Waals surface area (Å²) in [6, 6.07) is 15.5. The van der Waals surface area contributed by atoms with Gasteiger partial charge in [-0.2, -0.15) is 0 Å². The van der Waals surface area contributed by atoms with E-state index < -0.39 is 0 Å². The van der Waals surface area contributed by atoms with Gasteiger partial charge in [0.15, 0.2) is 0 Å². The van der Waals surface area contributed by atoms with Gasteiger partial charge in [-0.3, -0.25) is 4.79 Å². The van der Waals surface area contributed by atoms with Crippen LogP contribution in [0.1, 0.15) is 0 Å². The molecule has 1 aromatic heterocycles. The summed E-state index contributed by atoms with van der Waals surface area (Å²) in [7, 11) is 1.66. The Labute approximate surface area is 110 Å². The number of benzene rings is 2. The number of fused-ring (bicyclic) bond motifs is 1. The van der Waals surface area contributed by atoms with Crippen LogP contribution in [0.2, 0.25) is 0 Å². The minimum absolute atomic E-state index is 0.0886. The molecule has 0 aliphatic heterocycles. The number of H-pyrrole nitrogens is 1. The predicted molar refractivity (Wildman–Crippen MR) is 76.6 cm³/mol. The quantitative estimate of drug-likeness (QED) is 0.760. The fraction of sp³-hybridized carbons (Fsp3) is 0.0625. The molecule has 0 unspecified atom stereocenters. The molecule has 0 atom stereocenters. The summed E-state index contributed by atoms with van der Waals surface area (Å²) in [5, 5.41) is 2.28. The van der Waals surface area contributed by atoms with Crippen LogP contribution in [-0.4, -0.2) is 12.1 Å². The van der Waals surface area contributed by atoms with Crippen LogP contribution in [0.3, 0.4) is 0 Å². The highest BCUT2D eigenvalue weighted by atomic mass is 16.5. The Kier molecular flexibility index (Phi) is 2.80. The first-order valence-corrected chi connectivity index (χ1v) is 6.03. The van der Waals surface area contributed by atoms with Crippen molar-refractivity contribution in [3.63, 3.8) is 0 Å². The van der Waals surface area contributed by atoms with Gasteiger partial charge in [0.05, 0.1) is 7.11 Å². The minimum atomic E-state index is -0.0886. The van der Waals surface area contributed by atoms with Gasteiger partial charge < -0.3 is 9.72 Å². The average molecular weight is 251 g/mol. The van der Waals surface area contributed by atoms with Gasteiger partial charge in [0.1, 0.15) is 5.75 Å². The summed E-state index contributed by atoms with van der Waals surface area (Å²) in [5.74, 6) is 0.851. The lowest BCUT2D eigenvalue weighted by atomic mass is 10.0. The number of pyridine rings is 1. The first-order chi connectivity index (χ1) is 9.26. The van der Waals surface area contributed by atoms with Gasteiger partial charge in [-0.05, 0) is 46.2 Å². The highest BCUT2D eigenvalue weighted by Gasteiger charge is 2.01. The maximum Gasteiger partial charge on any atom is 0.247 e. The third-order valence-electron chi connectivity index (χ3n) is 3.16. The Morgan fingerprint density at radius 1 is 0.895 bits per heavy atom.